The average Bonchev–Trinajstić information content (AvgIpc) is 3.04. The Morgan fingerprint density at radius 2 is 1.58 bits per heavy atom. The Morgan fingerprint density at radius 1 is 1.00 bits per heavy atom. The highest BCUT2D eigenvalue weighted by Crippen LogP contribution is 2.56. The van der Waals surface area contributed by atoms with Gasteiger partial charge in [0.25, 0.3) is 5.91 Å². The molecular formula is C26H28Cl2N2O6. The van der Waals surface area contributed by atoms with Crippen LogP contribution in [0, 0.1) is 16.7 Å². The lowest BCUT2D eigenvalue weighted by Crippen LogP contribution is -2.53. The van der Waals surface area contributed by atoms with E-state index in [2.05, 4.69) is 10.6 Å². The Hall–Kier alpha value is -3.10. The molecule has 3 atom stereocenters. The number of amides is 2. The van der Waals surface area contributed by atoms with Gasteiger partial charge in [0.1, 0.15) is 6.04 Å². The van der Waals surface area contributed by atoms with Crippen molar-refractivity contribution in [1.29, 1.82) is 0 Å². The average molecular weight is 535 g/mol. The summed E-state index contributed by atoms with van der Waals surface area (Å²) >= 11 is 12.2. The van der Waals surface area contributed by atoms with Crippen LogP contribution in [-0.4, -0.2) is 40.0 Å². The van der Waals surface area contributed by atoms with Gasteiger partial charge in [0.15, 0.2) is 0 Å². The van der Waals surface area contributed by atoms with Crippen molar-refractivity contribution in [2.75, 3.05) is 5.32 Å². The quantitative estimate of drug-likeness (QED) is 0.381. The molecule has 1 fully saturated rings. The maximum absolute atomic E-state index is 13.2. The maximum atomic E-state index is 13.2. The number of hydrogen-bond donors (Lipinski definition) is 4. The molecule has 2 aromatic rings. The van der Waals surface area contributed by atoms with E-state index in [1.165, 1.54) is 0 Å². The van der Waals surface area contributed by atoms with Crippen LogP contribution in [0.1, 0.15) is 49.5 Å². The van der Waals surface area contributed by atoms with Gasteiger partial charge in [-0.25, -0.2) is 4.79 Å². The van der Waals surface area contributed by atoms with E-state index < -0.39 is 46.5 Å². The first-order valence-electron chi connectivity index (χ1n) is 11.4. The van der Waals surface area contributed by atoms with E-state index in [4.69, 9.17) is 23.2 Å². The van der Waals surface area contributed by atoms with E-state index in [-0.39, 0.29) is 22.0 Å². The second kappa shape index (κ2) is 10.5. The van der Waals surface area contributed by atoms with Crippen LogP contribution in [-0.2, 0) is 20.8 Å². The van der Waals surface area contributed by atoms with Gasteiger partial charge in [-0.2, -0.15) is 0 Å². The lowest BCUT2D eigenvalue weighted by molar-refractivity contribution is -0.151. The standard InChI is InChI=1S/C26H28Cl2N2O6/c1-25(2)16(22(32)33)11-12-26(25,3)24(36)30-19(23(34)35)13-14-7-9-15(10-8-14)29-21(31)20-17(27)5-4-6-18(20)28/h4-10,16,19H,11-13H2,1-3H3,(H,29,31)(H,30,36)(H,32,33)(H,34,35)/t16-,19+,26-/m0/s1. The zero-order valence-corrected chi connectivity index (χ0v) is 21.6. The fourth-order valence-corrected chi connectivity index (χ4v) is 5.29. The number of anilines is 1. The molecule has 0 saturated heterocycles. The number of aliphatic carboxylic acids is 2. The van der Waals surface area contributed by atoms with Crippen molar-refractivity contribution < 1.29 is 29.4 Å². The molecule has 2 aromatic carbocycles. The van der Waals surface area contributed by atoms with E-state index in [0.717, 1.165) is 0 Å². The molecule has 192 valence electrons. The van der Waals surface area contributed by atoms with Crippen molar-refractivity contribution >= 4 is 52.6 Å². The lowest BCUT2D eigenvalue weighted by atomic mass is 9.65. The molecular weight excluding hydrogens is 507 g/mol. The van der Waals surface area contributed by atoms with E-state index in [1.54, 1.807) is 63.2 Å². The van der Waals surface area contributed by atoms with Gasteiger partial charge in [-0.15, -0.1) is 0 Å². The SMILES string of the molecule is CC1(C)[C@H](C(=O)O)CC[C@@]1(C)C(=O)N[C@H](Cc1ccc(NC(=O)c2c(Cl)cccc2Cl)cc1)C(=O)O. The van der Waals surface area contributed by atoms with Crippen molar-refractivity contribution in [3.05, 3.63) is 63.6 Å². The van der Waals surface area contributed by atoms with Crippen LogP contribution in [0.3, 0.4) is 0 Å². The molecule has 0 bridgehead atoms. The molecule has 0 aliphatic heterocycles. The Bertz CT molecular complexity index is 1180. The van der Waals surface area contributed by atoms with Gasteiger partial charge in [-0.05, 0) is 48.1 Å². The normalized spacial score (nSPS) is 21.4. The number of carbonyl (C=O) groups excluding carboxylic acids is 2. The highest BCUT2D eigenvalue weighted by molar-refractivity contribution is 6.40. The smallest absolute Gasteiger partial charge is 0.326 e. The fraction of sp³-hybridized carbons (Fsp3) is 0.385. The molecule has 8 nitrogen and oxygen atoms in total. The Labute approximate surface area is 219 Å². The summed E-state index contributed by atoms with van der Waals surface area (Å²) in [7, 11) is 0. The maximum Gasteiger partial charge on any atom is 0.326 e. The molecule has 36 heavy (non-hydrogen) atoms. The second-order valence-corrected chi connectivity index (χ2v) is 10.6. The zero-order valence-electron chi connectivity index (χ0n) is 20.1. The Kier molecular flexibility index (Phi) is 8.00. The first-order chi connectivity index (χ1) is 16.8. The van der Waals surface area contributed by atoms with Gasteiger partial charge in [0.05, 0.1) is 26.9 Å². The number of benzene rings is 2. The minimum Gasteiger partial charge on any atom is -0.481 e. The predicted octanol–water partition coefficient (Wildman–Crippen LogP) is 4.88. The Morgan fingerprint density at radius 3 is 2.08 bits per heavy atom. The predicted molar refractivity (Wildman–Crippen MR) is 136 cm³/mol. The number of carboxylic acids is 2. The van der Waals surface area contributed by atoms with Crippen LogP contribution < -0.4 is 10.6 Å². The highest BCUT2D eigenvalue weighted by Gasteiger charge is 2.58. The van der Waals surface area contributed by atoms with E-state index in [9.17, 15) is 29.4 Å². The first-order valence-corrected chi connectivity index (χ1v) is 12.1. The summed E-state index contributed by atoms with van der Waals surface area (Å²) in [6.45, 7) is 5.15. The molecule has 0 aromatic heterocycles. The number of carboxylic acid groups (broad SMARTS) is 2. The third-order valence-electron chi connectivity index (χ3n) is 7.47. The topological polar surface area (TPSA) is 133 Å². The summed E-state index contributed by atoms with van der Waals surface area (Å²) in [5.41, 5.74) is -0.660. The molecule has 4 N–H and O–H groups in total. The van der Waals surface area contributed by atoms with Gasteiger partial charge in [-0.3, -0.25) is 14.4 Å². The molecule has 1 saturated carbocycles. The van der Waals surface area contributed by atoms with Gasteiger partial charge < -0.3 is 20.8 Å². The summed E-state index contributed by atoms with van der Waals surface area (Å²) in [4.78, 5) is 49.3. The van der Waals surface area contributed by atoms with Crippen molar-refractivity contribution in [2.45, 2.75) is 46.1 Å². The molecule has 1 aliphatic carbocycles. The number of rotatable bonds is 8. The molecule has 0 unspecified atom stereocenters. The van der Waals surface area contributed by atoms with Crippen LogP contribution in [0.5, 0.6) is 0 Å². The van der Waals surface area contributed by atoms with Crippen LogP contribution in [0.2, 0.25) is 10.0 Å². The van der Waals surface area contributed by atoms with Crippen molar-refractivity contribution in [3.8, 4) is 0 Å². The van der Waals surface area contributed by atoms with Gasteiger partial charge in [0.2, 0.25) is 5.91 Å². The Balaban J connectivity index is 1.70. The summed E-state index contributed by atoms with van der Waals surface area (Å²) in [5, 5.41) is 25.0. The zero-order chi connectivity index (χ0) is 26.8. The highest BCUT2D eigenvalue weighted by atomic mass is 35.5. The number of carbonyl (C=O) groups is 4. The van der Waals surface area contributed by atoms with Crippen LogP contribution >= 0.6 is 23.2 Å². The molecule has 0 spiro atoms. The molecule has 3 rings (SSSR count). The number of hydrogen-bond acceptors (Lipinski definition) is 4. The van der Waals surface area contributed by atoms with E-state index in [1.807, 2.05) is 0 Å². The van der Waals surface area contributed by atoms with Crippen molar-refractivity contribution in [3.63, 3.8) is 0 Å². The summed E-state index contributed by atoms with van der Waals surface area (Å²) < 4.78 is 0. The second-order valence-electron chi connectivity index (χ2n) is 9.80. The molecule has 10 heteroatoms. The molecule has 0 radical (unpaired) electrons. The molecule has 0 heterocycles. The number of nitrogens with one attached hydrogen (secondary N) is 2. The van der Waals surface area contributed by atoms with E-state index in [0.29, 0.717) is 24.1 Å². The van der Waals surface area contributed by atoms with Crippen LogP contribution in [0.4, 0.5) is 5.69 Å². The monoisotopic (exact) mass is 534 g/mol. The summed E-state index contributed by atoms with van der Waals surface area (Å²) in [6.07, 6.45) is 0.695. The summed E-state index contributed by atoms with van der Waals surface area (Å²) in [6, 6.07) is 10.0. The van der Waals surface area contributed by atoms with Crippen LogP contribution in [0.15, 0.2) is 42.5 Å². The minimum absolute atomic E-state index is 0.00447. The third kappa shape index (κ3) is 5.34. The van der Waals surface area contributed by atoms with Crippen molar-refractivity contribution in [2.24, 2.45) is 16.7 Å². The minimum atomic E-state index is -1.21. The number of halogens is 2. The van der Waals surface area contributed by atoms with E-state index >= 15 is 0 Å². The van der Waals surface area contributed by atoms with Gasteiger partial charge in [-0.1, -0.05) is 62.2 Å². The van der Waals surface area contributed by atoms with Gasteiger partial charge in [0, 0.05) is 12.1 Å². The van der Waals surface area contributed by atoms with Crippen molar-refractivity contribution in [1.82, 2.24) is 5.32 Å². The van der Waals surface area contributed by atoms with Gasteiger partial charge >= 0.3 is 11.9 Å². The third-order valence-corrected chi connectivity index (χ3v) is 8.10. The first kappa shape index (κ1) is 27.5. The lowest BCUT2D eigenvalue weighted by Gasteiger charge is -2.39. The fourth-order valence-electron chi connectivity index (χ4n) is 4.72. The molecule has 1 aliphatic rings. The molecule has 2 amide bonds. The summed E-state index contributed by atoms with van der Waals surface area (Å²) in [5.74, 6) is -3.83. The largest absolute Gasteiger partial charge is 0.481 e. The van der Waals surface area contributed by atoms with Crippen LogP contribution in [0.25, 0.3) is 0 Å².